The van der Waals surface area contributed by atoms with E-state index < -0.39 is 33.6 Å². The number of sulfone groups is 1. The molecule has 2 amide bonds. The molecule has 0 spiro atoms. The Morgan fingerprint density at radius 2 is 1.70 bits per heavy atom. The second-order valence-corrected chi connectivity index (χ2v) is 9.52. The molecule has 0 radical (unpaired) electrons. The van der Waals surface area contributed by atoms with Crippen LogP contribution >= 0.6 is 0 Å². The van der Waals surface area contributed by atoms with E-state index in [1.807, 2.05) is 6.07 Å². The van der Waals surface area contributed by atoms with Gasteiger partial charge in [0, 0.05) is 5.70 Å². The molecule has 0 unspecified atom stereocenters. The molecule has 1 aliphatic rings. The first-order chi connectivity index (χ1) is 15.6. The van der Waals surface area contributed by atoms with E-state index in [2.05, 4.69) is 10.6 Å². The molecule has 176 valence electrons. The lowest BCUT2D eigenvalue weighted by molar-refractivity contribution is -0.136. The van der Waals surface area contributed by atoms with Gasteiger partial charge in [0.05, 0.1) is 43.6 Å². The minimum absolute atomic E-state index is 0.0156. The van der Waals surface area contributed by atoms with Crippen LogP contribution in [0.5, 0.6) is 11.5 Å². The van der Waals surface area contributed by atoms with Gasteiger partial charge in [0.2, 0.25) is 0 Å². The number of benzene rings is 2. The summed E-state index contributed by atoms with van der Waals surface area (Å²) in [6.07, 6.45) is 0. The number of rotatable bonds is 7. The highest BCUT2D eigenvalue weighted by Gasteiger charge is 2.36. The fourth-order valence-corrected chi connectivity index (χ4v) is 5.36. The molecular formula is C23H26N2O7S. The van der Waals surface area contributed by atoms with E-state index in [9.17, 15) is 18.0 Å². The van der Waals surface area contributed by atoms with Gasteiger partial charge in [-0.05, 0) is 48.7 Å². The molecule has 0 aliphatic carbocycles. The summed E-state index contributed by atoms with van der Waals surface area (Å²) in [5, 5.41) is 5.15. The summed E-state index contributed by atoms with van der Waals surface area (Å²) in [5.74, 6) is -0.508. The number of hydrogen-bond acceptors (Lipinski definition) is 7. The second kappa shape index (κ2) is 9.53. The molecule has 0 saturated heterocycles. The van der Waals surface area contributed by atoms with Crippen molar-refractivity contribution in [1.29, 1.82) is 0 Å². The second-order valence-electron chi connectivity index (χ2n) is 7.56. The Bertz CT molecular complexity index is 1240. The van der Waals surface area contributed by atoms with E-state index in [1.165, 1.54) is 21.3 Å². The van der Waals surface area contributed by atoms with Crippen LogP contribution in [0.25, 0.3) is 0 Å². The lowest BCUT2D eigenvalue weighted by atomic mass is 9.95. The first-order valence-electron chi connectivity index (χ1n) is 10.0. The molecule has 3 rings (SSSR count). The fourth-order valence-electron chi connectivity index (χ4n) is 3.68. The Kier molecular flexibility index (Phi) is 6.97. The van der Waals surface area contributed by atoms with Crippen molar-refractivity contribution < 1.29 is 32.2 Å². The predicted octanol–water partition coefficient (Wildman–Crippen LogP) is 2.58. The Labute approximate surface area is 192 Å². The molecule has 2 N–H and O–H groups in total. The van der Waals surface area contributed by atoms with Crippen molar-refractivity contribution in [2.75, 3.05) is 27.1 Å². The van der Waals surface area contributed by atoms with Crippen LogP contribution in [0, 0.1) is 13.8 Å². The van der Waals surface area contributed by atoms with E-state index in [0.717, 1.165) is 5.56 Å². The molecule has 0 aromatic heterocycles. The monoisotopic (exact) mass is 474 g/mol. The van der Waals surface area contributed by atoms with E-state index in [1.54, 1.807) is 44.2 Å². The van der Waals surface area contributed by atoms with Crippen LogP contribution in [0.3, 0.4) is 0 Å². The first kappa shape index (κ1) is 24.1. The van der Waals surface area contributed by atoms with Crippen molar-refractivity contribution in [2.24, 2.45) is 0 Å². The molecule has 9 nitrogen and oxygen atoms in total. The zero-order valence-electron chi connectivity index (χ0n) is 19.0. The van der Waals surface area contributed by atoms with Gasteiger partial charge in [-0.25, -0.2) is 18.0 Å². The summed E-state index contributed by atoms with van der Waals surface area (Å²) in [7, 11) is 0.242. The number of hydrogen-bond donors (Lipinski definition) is 2. The molecule has 0 bridgehead atoms. The van der Waals surface area contributed by atoms with Crippen LogP contribution < -0.4 is 20.1 Å². The zero-order chi connectivity index (χ0) is 24.3. The van der Waals surface area contributed by atoms with Crippen molar-refractivity contribution in [2.45, 2.75) is 24.8 Å². The summed E-state index contributed by atoms with van der Waals surface area (Å²) in [4.78, 5) is 25.4. The van der Waals surface area contributed by atoms with Crippen molar-refractivity contribution in [1.82, 2.24) is 10.6 Å². The highest BCUT2D eigenvalue weighted by Crippen LogP contribution is 2.35. The van der Waals surface area contributed by atoms with Crippen LogP contribution in [0.2, 0.25) is 0 Å². The van der Waals surface area contributed by atoms with Gasteiger partial charge >= 0.3 is 12.0 Å². The van der Waals surface area contributed by atoms with E-state index in [-0.39, 0.29) is 16.2 Å². The Balaban J connectivity index is 2.14. The molecule has 2 aromatic rings. The van der Waals surface area contributed by atoms with E-state index >= 15 is 0 Å². The number of urea groups is 1. The van der Waals surface area contributed by atoms with Crippen molar-refractivity contribution in [3.8, 4) is 11.5 Å². The molecule has 1 atom stereocenters. The quantitative estimate of drug-likeness (QED) is 0.592. The maximum Gasteiger partial charge on any atom is 0.338 e. The number of carbonyl (C=O) groups excluding carboxylic acids is 2. The van der Waals surface area contributed by atoms with Gasteiger partial charge in [-0.15, -0.1) is 0 Å². The molecular weight excluding hydrogens is 448 g/mol. The normalized spacial score (nSPS) is 16.0. The average molecular weight is 475 g/mol. The summed E-state index contributed by atoms with van der Waals surface area (Å²) in [6, 6.07) is 8.37. The number of nitrogens with one attached hydrogen (secondary N) is 2. The van der Waals surface area contributed by atoms with Gasteiger partial charge in [-0.1, -0.05) is 18.2 Å². The third kappa shape index (κ3) is 4.95. The topological polar surface area (TPSA) is 120 Å². The molecule has 1 heterocycles. The van der Waals surface area contributed by atoms with Crippen LogP contribution in [0.15, 0.2) is 52.6 Å². The lowest BCUT2D eigenvalue weighted by Gasteiger charge is -2.29. The number of ether oxygens (including phenoxy) is 3. The van der Waals surface area contributed by atoms with Gasteiger partial charge in [0.25, 0.3) is 0 Å². The van der Waals surface area contributed by atoms with Gasteiger partial charge in [0.1, 0.15) is 0 Å². The molecule has 0 saturated carbocycles. The molecule has 33 heavy (non-hydrogen) atoms. The Morgan fingerprint density at radius 3 is 2.33 bits per heavy atom. The van der Waals surface area contributed by atoms with Crippen LogP contribution in [-0.4, -0.2) is 47.5 Å². The third-order valence-electron chi connectivity index (χ3n) is 5.31. The van der Waals surface area contributed by atoms with Crippen molar-refractivity contribution in [3.63, 3.8) is 0 Å². The predicted molar refractivity (Wildman–Crippen MR) is 121 cm³/mol. The molecule has 0 fully saturated rings. The van der Waals surface area contributed by atoms with Crippen LogP contribution in [0.4, 0.5) is 4.79 Å². The molecule has 10 heteroatoms. The lowest BCUT2D eigenvalue weighted by Crippen LogP contribution is -2.47. The summed E-state index contributed by atoms with van der Waals surface area (Å²) in [6.45, 7) is 3.48. The molecule has 1 aliphatic heterocycles. The number of esters is 1. The molecule has 2 aromatic carbocycles. The Morgan fingerprint density at radius 1 is 1.00 bits per heavy atom. The standard InChI is InChI=1S/C23H26N2O7S/c1-13-6-7-14(2)19(10-13)33(28,29)12-16-20(22(26)32-5)21(25-23(27)24-16)15-8-9-17(30-3)18(11-15)31-4/h6-11,21H,12H2,1-5H3,(H2,24,25,27)/t21-/m0/s1. The van der Waals surface area contributed by atoms with Crippen molar-refractivity contribution >= 4 is 21.8 Å². The van der Waals surface area contributed by atoms with Crippen LogP contribution in [0.1, 0.15) is 22.7 Å². The van der Waals surface area contributed by atoms with Gasteiger partial charge in [-0.3, -0.25) is 0 Å². The van der Waals surface area contributed by atoms with Gasteiger partial charge < -0.3 is 24.8 Å². The largest absolute Gasteiger partial charge is 0.493 e. The number of methoxy groups -OCH3 is 3. The zero-order valence-corrected chi connectivity index (χ0v) is 19.8. The van der Waals surface area contributed by atoms with Crippen LogP contribution in [-0.2, 0) is 19.4 Å². The maximum absolute atomic E-state index is 13.3. The number of carbonyl (C=O) groups is 2. The number of aryl methyl sites for hydroxylation is 2. The fraction of sp³-hybridized carbons (Fsp3) is 0.304. The minimum Gasteiger partial charge on any atom is -0.493 e. The smallest absolute Gasteiger partial charge is 0.338 e. The highest BCUT2D eigenvalue weighted by molar-refractivity contribution is 7.91. The maximum atomic E-state index is 13.3. The summed E-state index contributed by atoms with van der Waals surface area (Å²) < 4.78 is 42.0. The highest BCUT2D eigenvalue weighted by atomic mass is 32.2. The van der Waals surface area contributed by atoms with E-state index in [0.29, 0.717) is 22.6 Å². The SMILES string of the molecule is COC(=O)C1=C(CS(=O)(=O)c2cc(C)ccc2C)NC(=O)N[C@H]1c1ccc(OC)c(OC)c1. The third-order valence-corrected chi connectivity index (χ3v) is 7.09. The summed E-state index contributed by atoms with van der Waals surface area (Å²) in [5.41, 5.74) is 1.77. The summed E-state index contributed by atoms with van der Waals surface area (Å²) >= 11 is 0. The average Bonchev–Trinajstić information content (AvgIpc) is 2.78. The van der Waals surface area contributed by atoms with Gasteiger partial charge in [0.15, 0.2) is 21.3 Å². The van der Waals surface area contributed by atoms with E-state index in [4.69, 9.17) is 14.2 Å². The first-order valence-corrected chi connectivity index (χ1v) is 11.7. The minimum atomic E-state index is -3.89. The number of amides is 2. The van der Waals surface area contributed by atoms with Gasteiger partial charge in [-0.2, -0.15) is 0 Å². The van der Waals surface area contributed by atoms with Crippen molar-refractivity contribution in [3.05, 3.63) is 64.4 Å². The Hall–Kier alpha value is -3.53.